The normalized spacial score (nSPS) is 16.5. The van der Waals surface area contributed by atoms with E-state index in [4.69, 9.17) is 9.47 Å². The van der Waals surface area contributed by atoms with Gasteiger partial charge in [0.15, 0.2) is 6.10 Å². The summed E-state index contributed by atoms with van der Waals surface area (Å²) in [7, 11) is -1.94. The van der Waals surface area contributed by atoms with E-state index in [1.807, 2.05) is 12.1 Å². The Labute approximate surface area is 152 Å². The number of nitrogens with zero attached hydrogens (tertiary/aromatic N) is 1. The van der Waals surface area contributed by atoms with E-state index in [2.05, 4.69) is 5.32 Å². The Morgan fingerprint density at radius 1 is 1.27 bits per heavy atom. The van der Waals surface area contributed by atoms with E-state index in [9.17, 15) is 13.2 Å². The molecule has 1 atom stereocenters. The van der Waals surface area contributed by atoms with Crippen LogP contribution in [0.1, 0.15) is 5.56 Å². The second-order valence-electron chi connectivity index (χ2n) is 5.99. The van der Waals surface area contributed by atoms with Crippen molar-refractivity contribution < 1.29 is 22.7 Å². The molecular weight excluding hydrogens is 356 g/mol. The molecule has 1 amide bonds. The van der Waals surface area contributed by atoms with Crippen molar-refractivity contribution in [2.45, 2.75) is 12.7 Å². The van der Waals surface area contributed by atoms with Crippen molar-refractivity contribution in [2.75, 3.05) is 29.5 Å². The summed E-state index contributed by atoms with van der Waals surface area (Å²) in [5.41, 5.74) is 1.94. The number of anilines is 2. The molecule has 0 saturated heterocycles. The molecule has 0 aliphatic carbocycles. The second kappa shape index (κ2) is 7.35. The smallest absolute Gasteiger partial charge is 0.267 e. The van der Waals surface area contributed by atoms with Gasteiger partial charge in [-0.25, -0.2) is 8.42 Å². The lowest BCUT2D eigenvalue weighted by Crippen LogP contribution is -2.48. The first kappa shape index (κ1) is 18.2. The van der Waals surface area contributed by atoms with Crippen molar-refractivity contribution >= 4 is 27.3 Å². The minimum Gasteiger partial charge on any atom is -0.476 e. The molecule has 2 aromatic carbocycles. The molecule has 1 heterocycles. The Morgan fingerprint density at radius 3 is 2.77 bits per heavy atom. The maximum absolute atomic E-state index is 12.6. The molecule has 26 heavy (non-hydrogen) atoms. The molecule has 0 spiro atoms. The van der Waals surface area contributed by atoms with Crippen LogP contribution in [0.3, 0.4) is 0 Å². The molecular formula is C18H20N2O5S. The van der Waals surface area contributed by atoms with Gasteiger partial charge in [0.1, 0.15) is 5.75 Å². The zero-order valence-electron chi connectivity index (χ0n) is 14.5. The number of hydrogen-bond donors (Lipinski definition) is 1. The molecule has 0 bridgehead atoms. The summed E-state index contributed by atoms with van der Waals surface area (Å²) < 4.78 is 36.2. The quantitative estimate of drug-likeness (QED) is 0.863. The maximum Gasteiger partial charge on any atom is 0.267 e. The predicted octanol–water partition coefficient (Wildman–Crippen LogP) is 2.00. The largest absolute Gasteiger partial charge is 0.476 e. The molecule has 138 valence electrons. The molecule has 3 rings (SSSR count). The molecule has 1 N–H and O–H groups in total. The molecule has 0 fully saturated rings. The number of fused-ring (bicyclic) bond motifs is 1. The summed E-state index contributed by atoms with van der Waals surface area (Å²) in [6.07, 6.45) is 0.156. The average Bonchev–Trinajstić information content (AvgIpc) is 2.60. The van der Waals surface area contributed by atoms with Crippen LogP contribution in [0.5, 0.6) is 5.75 Å². The van der Waals surface area contributed by atoms with Gasteiger partial charge in [0.05, 0.1) is 25.1 Å². The van der Waals surface area contributed by atoms with Gasteiger partial charge < -0.3 is 14.8 Å². The molecule has 0 unspecified atom stereocenters. The maximum atomic E-state index is 12.6. The van der Waals surface area contributed by atoms with Crippen LogP contribution in [0.25, 0.3) is 0 Å². The number of amides is 1. The lowest BCUT2D eigenvalue weighted by atomic mass is 10.2. The van der Waals surface area contributed by atoms with Crippen LogP contribution >= 0.6 is 0 Å². The van der Waals surface area contributed by atoms with E-state index < -0.39 is 22.0 Å². The van der Waals surface area contributed by atoms with Crippen molar-refractivity contribution in [1.82, 2.24) is 0 Å². The number of carbonyl (C=O) groups excluding carboxylic acids is 1. The SMILES string of the molecule is COCc1cccc(NC(=O)[C@@H]2CN(S(C)(=O)=O)c3ccccc3O2)c1. The standard InChI is InChI=1S/C18H20N2O5S/c1-24-12-13-6-5-7-14(10-13)19-18(21)17-11-20(26(2,22)23)15-8-3-4-9-16(15)25-17/h3-10,17H,11-12H2,1-2H3,(H,19,21)/t17-/m0/s1. The number of carbonyl (C=O) groups is 1. The molecule has 7 nitrogen and oxygen atoms in total. The number of hydrogen-bond acceptors (Lipinski definition) is 5. The molecule has 0 radical (unpaired) electrons. The molecule has 0 saturated carbocycles. The number of methoxy groups -OCH3 is 1. The van der Waals surface area contributed by atoms with Gasteiger partial charge in [-0.1, -0.05) is 24.3 Å². The van der Waals surface area contributed by atoms with Crippen molar-refractivity contribution in [1.29, 1.82) is 0 Å². The summed E-state index contributed by atoms with van der Waals surface area (Å²) in [5, 5.41) is 2.77. The third-order valence-electron chi connectivity index (χ3n) is 3.93. The molecule has 2 aromatic rings. The van der Waals surface area contributed by atoms with Gasteiger partial charge in [-0.3, -0.25) is 9.10 Å². The number of sulfonamides is 1. The first-order valence-electron chi connectivity index (χ1n) is 8.00. The predicted molar refractivity (Wildman–Crippen MR) is 98.8 cm³/mol. The Kier molecular flexibility index (Phi) is 5.15. The van der Waals surface area contributed by atoms with Crippen LogP contribution in [0.2, 0.25) is 0 Å². The number of rotatable bonds is 5. The van der Waals surface area contributed by atoms with E-state index in [-0.39, 0.29) is 6.54 Å². The van der Waals surface area contributed by atoms with Gasteiger partial charge in [-0.2, -0.15) is 0 Å². The van der Waals surface area contributed by atoms with Gasteiger partial charge in [0, 0.05) is 12.8 Å². The highest BCUT2D eigenvalue weighted by Gasteiger charge is 2.34. The Bertz CT molecular complexity index is 913. The van der Waals surface area contributed by atoms with Crippen LogP contribution in [-0.2, 0) is 26.2 Å². The highest BCUT2D eigenvalue weighted by molar-refractivity contribution is 7.92. The highest BCUT2D eigenvalue weighted by atomic mass is 32.2. The molecule has 8 heteroatoms. The summed E-state index contributed by atoms with van der Waals surface area (Å²) >= 11 is 0. The second-order valence-corrected chi connectivity index (χ2v) is 7.90. The summed E-state index contributed by atoms with van der Waals surface area (Å²) in [4.78, 5) is 12.6. The fraction of sp³-hybridized carbons (Fsp3) is 0.278. The topological polar surface area (TPSA) is 84.9 Å². The first-order valence-corrected chi connectivity index (χ1v) is 9.85. The van der Waals surface area contributed by atoms with Gasteiger partial charge in [0.25, 0.3) is 5.91 Å². The van der Waals surface area contributed by atoms with Gasteiger partial charge in [0.2, 0.25) is 10.0 Å². The fourth-order valence-electron chi connectivity index (χ4n) is 2.78. The first-order chi connectivity index (χ1) is 12.4. The summed E-state index contributed by atoms with van der Waals surface area (Å²) in [5.74, 6) is -0.0554. The van der Waals surface area contributed by atoms with Gasteiger partial charge in [-0.05, 0) is 29.8 Å². The Hall–Kier alpha value is -2.58. The zero-order chi connectivity index (χ0) is 18.7. The van der Waals surface area contributed by atoms with Crippen molar-refractivity contribution in [3.63, 3.8) is 0 Å². The third kappa shape index (κ3) is 3.97. The fourth-order valence-corrected chi connectivity index (χ4v) is 3.70. The highest BCUT2D eigenvalue weighted by Crippen LogP contribution is 2.34. The molecule has 1 aliphatic heterocycles. The van der Waals surface area contributed by atoms with Crippen molar-refractivity contribution in [2.24, 2.45) is 0 Å². The van der Waals surface area contributed by atoms with Crippen LogP contribution in [0, 0.1) is 0 Å². The van der Waals surface area contributed by atoms with E-state index in [1.165, 1.54) is 4.31 Å². The van der Waals surface area contributed by atoms with Gasteiger partial charge in [-0.15, -0.1) is 0 Å². The van der Waals surface area contributed by atoms with E-state index in [0.29, 0.717) is 23.7 Å². The van der Waals surface area contributed by atoms with Crippen LogP contribution in [0.4, 0.5) is 11.4 Å². The van der Waals surface area contributed by atoms with E-state index >= 15 is 0 Å². The molecule has 1 aliphatic rings. The number of ether oxygens (including phenoxy) is 2. The number of benzene rings is 2. The number of para-hydroxylation sites is 2. The van der Waals surface area contributed by atoms with Crippen LogP contribution < -0.4 is 14.4 Å². The van der Waals surface area contributed by atoms with E-state index in [1.54, 1.807) is 43.5 Å². The third-order valence-corrected chi connectivity index (χ3v) is 5.08. The summed E-state index contributed by atoms with van der Waals surface area (Å²) in [6.45, 7) is 0.346. The van der Waals surface area contributed by atoms with Gasteiger partial charge >= 0.3 is 0 Å². The Balaban J connectivity index is 1.81. The average molecular weight is 376 g/mol. The zero-order valence-corrected chi connectivity index (χ0v) is 15.3. The van der Waals surface area contributed by atoms with Crippen LogP contribution in [-0.4, -0.2) is 40.3 Å². The lowest BCUT2D eigenvalue weighted by Gasteiger charge is -2.33. The van der Waals surface area contributed by atoms with Crippen molar-refractivity contribution in [3.8, 4) is 5.75 Å². The lowest BCUT2D eigenvalue weighted by molar-refractivity contribution is -0.122. The minimum atomic E-state index is -3.54. The number of nitrogens with one attached hydrogen (secondary N) is 1. The monoisotopic (exact) mass is 376 g/mol. The van der Waals surface area contributed by atoms with E-state index in [0.717, 1.165) is 11.8 Å². The van der Waals surface area contributed by atoms with Crippen LogP contribution in [0.15, 0.2) is 48.5 Å². The summed E-state index contributed by atoms with van der Waals surface area (Å²) in [6, 6.07) is 14.0. The minimum absolute atomic E-state index is 0.0839. The Morgan fingerprint density at radius 2 is 2.04 bits per heavy atom. The van der Waals surface area contributed by atoms with Crippen molar-refractivity contribution in [3.05, 3.63) is 54.1 Å². The molecule has 0 aromatic heterocycles.